The van der Waals surface area contributed by atoms with Crippen molar-refractivity contribution in [1.29, 1.82) is 5.26 Å². The van der Waals surface area contributed by atoms with Crippen LogP contribution in [0.25, 0.3) is 0 Å². The van der Waals surface area contributed by atoms with Crippen LogP contribution in [0.3, 0.4) is 0 Å². The summed E-state index contributed by atoms with van der Waals surface area (Å²) in [7, 11) is 0. The smallest absolute Gasteiger partial charge is 0.0991 e. The van der Waals surface area contributed by atoms with Crippen LogP contribution < -0.4 is 0 Å². The summed E-state index contributed by atoms with van der Waals surface area (Å²) in [5.41, 5.74) is 2.77. The molecule has 1 unspecified atom stereocenters. The first-order valence-corrected chi connectivity index (χ1v) is 7.07. The summed E-state index contributed by atoms with van der Waals surface area (Å²) in [5.74, 6) is 0.837. The third-order valence-electron chi connectivity index (χ3n) is 2.82. The molecule has 2 nitrogen and oxygen atoms in total. The highest BCUT2D eigenvalue weighted by atomic mass is 32.2. The Morgan fingerprint density at radius 1 is 1.21 bits per heavy atom. The molecular weight excluding hydrogens is 254 g/mol. The van der Waals surface area contributed by atoms with Gasteiger partial charge in [0, 0.05) is 10.6 Å². The molecule has 1 N–H and O–H groups in total. The lowest BCUT2D eigenvalue weighted by Gasteiger charge is -2.06. The first-order chi connectivity index (χ1) is 9.19. The predicted octanol–water partition coefficient (Wildman–Crippen LogP) is 3.90. The van der Waals surface area contributed by atoms with E-state index in [0.29, 0.717) is 5.56 Å². The molecule has 0 fully saturated rings. The van der Waals surface area contributed by atoms with Crippen LogP contribution in [0.5, 0.6) is 0 Å². The molecule has 0 saturated heterocycles. The normalized spacial score (nSPS) is 11.8. The summed E-state index contributed by atoms with van der Waals surface area (Å²) >= 11 is 1.72. The second-order valence-electron chi connectivity index (χ2n) is 4.35. The SMILES string of the molecule is CC(O)c1ccc(SCc2cccc(C#N)c2)cc1. The molecule has 1 atom stereocenters. The highest BCUT2D eigenvalue weighted by molar-refractivity contribution is 7.98. The zero-order chi connectivity index (χ0) is 13.7. The predicted molar refractivity (Wildman–Crippen MR) is 77.8 cm³/mol. The molecule has 0 aliphatic rings. The van der Waals surface area contributed by atoms with E-state index >= 15 is 0 Å². The molecule has 2 aromatic carbocycles. The van der Waals surface area contributed by atoms with Crippen LogP contribution in [0.15, 0.2) is 53.4 Å². The lowest BCUT2D eigenvalue weighted by Crippen LogP contribution is -1.89. The van der Waals surface area contributed by atoms with Crippen LogP contribution >= 0.6 is 11.8 Å². The molecule has 0 radical (unpaired) electrons. The van der Waals surface area contributed by atoms with Gasteiger partial charge in [0.25, 0.3) is 0 Å². The lowest BCUT2D eigenvalue weighted by molar-refractivity contribution is 0.199. The van der Waals surface area contributed by atoms with Gasteiger partial charge in [-0.1, -0.05) is 24.3 Å². The van der Waals surface area contributed by atoms with Crippen molar-refractivity contribution in [1.82, 2.24) is 0 Å². The van der Waals surface area contributed by atoms with Crippen LogP contribution in [0.4, 0.5) is 0 Å². The summed E-state index contributed by atoms with van der Waals surface area (Å²) < 4.78 is 0. The Morgan fingerprint density at radius 3 is 2.58 bits per heavy atom. The van der Waals surface area contributed by atoms with Gasteiger partial charge in [0.05, 0.1) is 17.7 Å². The fourth-order valence-corrected chi connectivity index (χ4v) is 2.58. The van der Waals surface area contributed by atoms with Crippen molar-refractivity contribution in [3.8, 4) is 6.07 Å². The third kappa shape index (κ3) is 3.85. The molecule has 0 amide bonds. The third-order valence-corrected chi connectivity index (χ3v) is 3.91. The molecule has 0 bridgehead atoms. The number of thioether (sulfide) groups is 1. The van der Waals surface area contributed by atoms with Gasteiger partial charge >= 0.3 is 0 Å². The number of aliphatic hydroxyl groups excluding tert-OH is 1. The van der Waals surface area contributed by atoms with Crippen LogP contribution in [-0.4, -0.2) is 5.11 Å². The van der Waals surface area contributed by atoms with Gasteiger partial charge in [-0.15, -0.1) is 11.8 Å². The maximum Gasteiger partial charge on any atom is 0.0991 e. The van der Waals surface area contributed by atoms with Crippen molar-refractivity contribution < 1.29 is 5.11 Å². The Bertz CT molecular complexity index is 584. The Morgan fingerprint density at radius 2 is 1.95 bits per heavy atom. The fraction of sp³-hybridized carbons (Fsp3) is 0.188. The summed E-state index contributed by atoms with van der Waals surface area (Å²) in [5, 5.41) is 18.3. The van der Waals surface area contributed by atoms with Crippen molar-refractivity contribution in [3.05, 3.63) is 65.2 Å². The Hall–Kier alpha value is -1.76. The highest BCUT2D eigenvalue weighted by Gasteiger charge is 2.01. The van der Waals surface area contributed by atoms with E-state index in [2.05, 4.69) is 6.07 Å². The van der Waals surface area contributed by atoms with E-state index in [-0.39, 0.29) is 0 Å². The fourth-order valence-electron chi connectivity index (χ4n) is 1.74. The maximum absolute atomic E-state index is 9.44. The molecule has 3 heteroatoms. The van der Waals surface area contributed by atoms with E-state index in [9.17, 15) is 5.11 Å². The molecule has 0 aliphatic carbocycles. The van der Waals surface area contributed by atoms with Gasteiger partial charge in [0.15, 0.2) is 0 Å². The van der Waals surface area contributed by atoms with Crippen molar-refractivity contribution >= 4 is 11.8 Å². The van der Waals surface area contributed by atoms with Gasteiger partial charge in [-0.25, -0.2) is 0 Å². The first-order valence-electron chi connectivity index (χ1n) is 6.09. The highest BCUT2D eigenvalue weighted by Crippen LogP contribution is 2.24. The lowest BCUT2D eigenvalue weighted by atomic mass is 10.1. The van der Waals surface area contributed by atoms with Crippen LogP contribution in [-0.2, 0) is 5.75 Å². The molecule has 96 valence electrons. The number of hydrogen-bond acceptors (Lipinski definition) is 3. The molecule has 2 rings (SSSR count). The Balaban J connectivity index is 2.00. The van der Waals surface area contributed by atoms with Crippen molar-refractivity contribution in [2.45, 2.75) is 23.7 Å². The topological polar surface area (TPSA) is 44.0 Å². The van der Waals surface area contributed by atoms with Crippen molar-refractivity contribution in [3.63, 3.8) is 0 Å². The quantitative estimate of drug-likeness (QED) is 0.856. The molecule has 0 spiro atoms. The molecular formula is C16H15NOS. The van der Waals surface area contributed by atoms with Gasteiger partial charge in [-0.3, -0.25) is 0 Å². The van der Waals surface area contributed by atoms with Gasteiger partial charge in [-0.05, 0) is 42.3 Å². The molecule has 19 heavy (non-hydrogen) atoms. The van der Waals surface area contributed by atoms with Crippen molar-refractivity contribution in [2.75, 3.05) is 0 Å². The minimum atomic E-state index is -0.425. The molecule has 0 heterocycles. The van der Waals surface area contributed by atoms with Crippen LogP contribution in [0, 0.1) is 11.3 Å². The molecule has 0 aromatic heterocycles. The number of hydrogen-bond donors (Lipinski definition) is 1. The Labute approximate surface area is 117 Å². The van der Waals surface area contributed by atoms with Gasteiger partial charge in [0.1, 0.15) is 0 Å². The first kappa shape index (κ1) is 13.7. The van der Waals surface area contributed by atoms with Gasteiger partial charge in [0.2, 0.25) is 0 Å². The minimum Gasteiger partial charge on any atom is -0.389 e. The van der Waals surface area contributed by atoms with E-state index < -0.39 is 6.10 Å². The second kappa shape index (κ2) is 6.42. The zero-order valence-corrected chi connectivity index (χ0v) is 11.5. The summed E-state index contributed by atoms with van der Waals surface area (Å²) in [6, 6.07) is 17.7. The number of aliphatic hydroxyl groups is 1. The van der Waals surface area contributed by atoms with Crippen LogP contribution in [0.1, 0.15) is 29.7 Å². The van der Waals surface area contributed by atoms with E-state index in [4.69, 9.17) is 5.26 Å². The molecule has 0 aliphatic heterocycles. The van der Waals surface area contributed by atoms with E-state index in [0.717, 1.165) is 21.8 Å². The number of rotatable bonds is 4. The van der Waals surface area contributed by atoms with Crippen molar-refractivity contribution in [2.24, 2.45) is 0 Å². The minimum absolute atomic E-state index is 0.425. The summed E-state index contributed by atoms with van der Waals surface area (Å²) in [6.07, 6.45) is -0.425. The van der Waals surface area contributed by atoms with E-state index in [1.54, 1.807) is 18.7 Å². The average molecular weight is 269 g/mol. The maximum atomic E-state index is 9.44. The number of nitrogens with zero attached hydrogens (tertiary/aromatic N) is 1. The zero-order valence-electron chi connectivity index (χ0n) is 10.7. The van der Waals surface area contributed by atoms with Gasteiger partial charge in [-0.2, -0.15) is 5.26 Å². The molecule has 2 aromatic rings. The van der Waals surface area contributed by atoms with Gasteiger partial charge < -0.3 is 5.11 Å². The number of benzene rings is 2. The van der Waals surface area contributed by atoms with E-state index in [1.165, 1.54) is 0 Å². The van der Waals surface area contributed by atoms with E-state index in [1.807, 2.05) is 48.5 Å². The standard InChI is InChI=1S/C16H15NOS/c1-12(18)15-5-7-16(8-6-15)19-11-14-4-2-3-13(9-14)10-17/h2-9,12,18H,11H2,1H3. The number of nitriles is 1. The molecule has 0 saturated carbocycles. The largest absolute Gasteiger partial charge is 0.389 e. The summed E-state index contributed by atoms with van der Waals surface area (Å²) in [4.78, 5) is 1.16. The monoisotopic (exact) mass is 269 g/mol. The second-order valence-corrected chi connectivity index (χ2v) is 5.39. The summed E-state index contributed by atoms with van der Waals surface area (Å²) in [6.45, 7) is 1.76. The van der Waals surface area contributed by atoms with Crippen LogP contribution in [0.2, 0.25) is 0 Å². The average Bonchev–Trinajstić information content (AvgIpc) is 2.46. The Kier molecular flexibility index (Phi) is 4.62.